The lowest BCUT2D eigenvalue weighted by Crippen LogP contribution is -2.28. The van der Waals surface area contributed by atoms with Gasteiger partial charge in [-0.1, -0.05) is 0 Å². The fraction of sp³-hybridized carbons (Fsp3) is 0.333. The summed E-state index contributed by atoms with van der Waals surface area (Å²) < 4.78 is 10.8. The maximum absolute atomic E-state index is 11.6. The first-order valence-electron chi connectivity index (χ1n) is 5.51. The highest BCUT2D eigenvalue weighted by Crippen LogP contribution is 2.35. The topological polar surface area (TPSA) is 55.8 Å². The van der Waals surface area contributed by atoms with Crippen LogP contribution in [0.3, 0.4) is 0 Å². The van der Waals surface area contributed by atoms with Gasteiger partial charge >= 0.3 is 0 Å². The largest absolute Gasteiger partial charge is 0.486 e. The molecular weight excluding hydrogens is 222 g/mol. The van der Waals surface area contributed by atoms with Crippen LogP contribution in [0, 0.1) is 0 Å². The van der Waals surface area contributed by atoms with Gasteiger partial charge in [0.25, 0.3) is 0 Å². The monoisotopic (exact) mass is 233 g/mol. The number of carbonyl (C=O) groups is 2. The summed E-state index contributed by atoms with van der Waals surface area (Å²) in [6, 6.07) is 5.10. The zero-order chi connectivity index (χ0) is 11.8. The number of hydrogen-bond donors (Lipinski definition) is 0. The summed E-state index contributed by atoms with van der Waals surface area (Å²) in [5.41, 5.74) is 0.557. The average Bonchev–Trinajstić information content (AvgIpc) is 2.68. The van der Waals surface area contributed by atoms with Crippen LogP contribution in [0.2, 0.25) is 0 Å². The first-order valence-corrected chi connectivity index (χ1v) is 5.51. The van der Waals surface area contributed by atoms with Crippen LogP contribution in [0.5, 0.6) is 11.5 Å². The van der Waals surface area contributed by atoms with E-state index >= 15 is 0 Å². The normalized spacial score (nSPS) is 18.7. The van der Waals surface area contributed by atoms with E-state index in [1.54, 1.807) is 18.2 Å². The molecule has 1 saturated heterocycles. The van der Waals surface area contributed by atoms with Crippen LogP contribution in [0.15, 0.2) is 18.2 Å². The number of nitrogens with zero attached hydrogens (tertiary/aromatic N) is 1. The molecule has 3 rings (SSSR count). The van der Waals surface area contributed by atoms with Crippen molar-refractivity contribution in [1.29, 1.82) is 0 Å². The fourth-order valence-electron chi connectivity index (χ4n) is 2.04. The number of amides is 2. The van der Waals surface area contributed by atoms with Crippen molar-refractivity contribution in [2.24, 2.45) is 0 Å². The van der Waals surface area contributed by atoms with Gasteiger partial charge in [0, 0.05) is 18.9 Å². The number of ether oxygens (including phenoxy) is 2. The SMILES string of the molecule is O=C1CCC(=O)N1c1ccc2c(c1)OCCO2. The Balaban J connectivity index is 1.98. The van der Waals surface area contributed by atoms with Crippen LogP contribution < -0.4 is 14.4 Å². The van der Waals surface area contributed by atoms with Gasteiger partial charge in [0.15, 0.2) is 11.5 Å². The molecule has 0 aliphatic carbocycles. The second kappa shape index (κ2) is 3.76. The zero-order valence-corrected chi connectivity index (χ0v) is 9.14. The molecule has 2 amide bonds. The fourth-order valence-corrected chi connectivity index (χ4v) is 2.04. The van der Waals surface area contributed by atoms with Crippen LogP contribution in [-0.4, -0.2) is 25.0 Å². The van der Waals surface area contributed by atoms with Crippen molar-refractivity contribution in [3.05, 3.63) is 18.2 Å². The zero-order valence-electron chi connectivity index (χ0n) is 9.14. The predicted octanol–water partition coefficient (Wildman–Crippen LogP) is 1.11. The highest BCUT2D eigenvalue weighted by Gasteiger charge is 2.31. The van der Waals surface area contributed by atoms with E-state index in [0.29, 0.717) is 30.4 Å². The third-order valence-corrected chi connectivity index (χ3v) is 2.84. The predicted molar refractivity (Wildman–Crippen MR) is 59.2 cm³/mol. The molecule has 0 unspecified atom stereocenters. The number of carbonyl (C=O) groups excluding carboxylic acids is 2. The number of benzene rings is 1. The molecule has 1 fully saturated rings. The van der Waals surface area contributed by atoms with Gasteiger partial charge in [0.2, 0.25) is 11.8 Å². The van der Waals surface area contributed by atoms with Gasteiger partial charge in [0.05, 0.1) is 5.69 Å². The number of hydrogen-bond acceptors (Lipinski definition) is 4. The minimum atomic E-state index is -0.160. The van der Waals surface area contributed by atoms with E-state index in [4.69, 9.17) is 9.47 Å². The third kappa shape index (κ3) is 1.63. The molecule has 17 heavy (non-hydrogen) atoms. The maximum atomic E-state index is 11.6. The number of fused-ring (bicyclic) bond motifs is 1. The number of rotatable bonds is 1. The van der Waals surface area contributed by atoms with Crippen LogP contribution in [-0.2, 0) is 9.59 Å². The van der Waals surface area contributed by atoms with Gasteiger partial charge < -0.3 is 9.47 Å². The molecule has 0 N–H and O–H groups in total. The summed E-state index contributed by atoms with van der Waals surface area (Å²) in [5.74, 6) is 0.915. The summed E-state index contributed by atoms with van der Waals surface area (Å²) >= 11 is 0. The Morgan fingerprint density at radius 1 is 0.941 bits per heavy atom. The maximum Gasteiger partial charge on any atom is 0.234 e. The Morgan fingerprint density at radius 2 is 1.59 bits per heavy atom. The standard InChI is InChI=1S/C12H11NO4/c14-11-3-4-12(15)13(11)8-1-2-9-10(7-8)17-6-5-16-9/h1-2,7H,3-6H2. The first kappa shape index (κ1) is 10.1. The summed E-state index contributed by atoms with van der Waals surface area (Å²) in [4.78, 5) is 24.4. The van der Waals surface area contributed by atoms with E-state index in [2.05, 4.69) is 0 Å². The van der Waals surface area contributed by atoms with E-state index < -0.39 is 0 Å². The summed E-state index contributed by atoms with van der Waals surface area (Å²) in [7, 11) is 0. The van der Waals surface area contributed by atoms with Gasteiger partial charge in [-0.15, -0.1) is 0 Å². The lowest BCUT2D eigenvalue weighted by Gasteiger charge is -2.21. The van der Waals surface area contributed by atoms with Crippen molar-refractivity contribution in [3.8, 4) is 11.5 Å². The molecule has 0 spiro atoms. The Labute approximate surface area is 97.9 Å². The van der Waals surface area contributed by atoms with Crippen molar-refractivity contribution >= 4 is 17.5 Å². The van der Waals surface area contributed by atoms with Crippen molar-refractivity contribution in [2.75, 3.05) is 18.1 Å². The van der Waals surface area contributed by atoms with Crippen LogP contribution in [0.4, 0.5) is 5.69 Å². The van der Waals surface area contributed by atoms with Crippen LogP contribution in [0.25, 0.3) is 0 Å². The average molecular weight is 233 g/mol. The van der Waals surface area contributed by atoms with Crippen molar-refractivity contribution in [2.45, 2.75) is 12.8 Å². The van der Waals surface area contributed by atoms with Crippen molar-refractivity contribution in [1.82, 2.24) is 0 Å². The second-order valence-corrected chi connectivity index (χ2v) is 3.95. The van der Waals surface area contributed by atoms with E-state index in [0.717, 1.165) is 0 Å². The van der Waals surface area contributed by atoms with Crippen LogP contribution in [0.1, 0.15) is 12.8 Å². The first-order chi connectivity index (χ1) is 8.25. The molecule has 2 heterocycles. The Morgan fingerprint density at radius 3 is 2.29 bits per heavy atom. The molecule has 1 aromatic rings. The number of imide groups is 1. The van der Waals surface area contributed by atoms with E-state index in [1.165, 1.54) is 4.90 Å². The second-order valence-electron chi connectivity index (χ2n) is 3.95. The van der Waals surface area contributed by atoms with Crippen LogP contribution >= 0.6 is 0 Å². The molecule has 2 aliphatic rings. The van der Waals surface area contributed by atoms with Gasteiger partial charge in [-0.3, -0.25) is 14.5 Å². The molecule has 0 atom stereocenters. The summed E-state index contributed by atoms with van der Waals surface area (Å²) in [6.07, 6.45) is 0.570. The van der Waals surface area contributed by atoms with Gasteiger partial charge in [-0.2, -0.15) is 0 Å². The lowest BCUT2D eigenvalue weighted by molar-refractivity contribution is -0.121. The number of anilines is 1. The molecule has 0 saturated carbocycles. The van der Waals surface area contributed by atoms with Gasteiger partial charge in [-0.05, 0) is 12.1 Å². The van der Waals surface area contributed by atoms with Gasteiger partial charge in [-0.25, -0.2) is 0 Å². The molecule has 5 nitrogen and oxygen atoms in total. The minimum Gasteiger partial charge on any atom is -0.486 e. The van der Waals surface area contributed by atoms with Crippen molar-refractivity contribution < 1.29 is 19.1 Å². The lowest BCUT2D eigenvalue weighted by atomic mass is 10.2. The molecule has 1 aromatic carbocycles. The van der Waals surface area contributed by atoms with E-state index in [-0.39, 0.29) is 24.7 Å². The minimum absolute atomic E-state index is 0.160. The molecule has 0 aromatic heterocycles. The molecular formula is C12H11NO4. The smallest absolute Gasteiger partial charge is 0.234 e. The summed E-state index contributed by atoms with van der Waals surface area (Å²) in [6.45, 7) is 1.01. The molecule has 0 bridgehead atoms. The summed E-state index contributed by atoms with van der Waals surface area (Å²) in [5, 5.41) is 0. The Hall–Kier alpha value is -2.04. The molecule has 2 aliphatic heterocycles. The molecule has 88 valence electrons. The highest BCUT2D eigenvalue weighted by molar-refractivity contribution is 6.19. The molecule has 5 heteroatoms. The van der Waals surface area contributed by atoms with Crippen molar-refractivity contribution in [3.63, 3.8) is 0 Å². The van der Waals surface area contributed by atoms with E-state index in [1.807, 2.05) is 0 Å². The highest BCUT2D eigenvalue weighted by atomic mass is 16.6. The van der Waals surface area contributed by atoms with Gasteiger partial charge in [0.1, 0.15) is 13.2 Å². The van der Waals surface area contributed by atoms with E-state index in [9.17, 15) is 9.59 Å². The quantitative estimate of drug-likeness (QED) is 0.682. The Bertz CT molecular complexity index is 481. The third-order valence-electron chi connectivity index (χ3n) is 2.84. The molecule has 0 radical (unpaired) electrons. The Kier molecular flexibility index (Phi) is 2.24.